The zero-order valence-corrected chi connectivity index (χ0v) is 21.4. The van der Waals surface area contributed by atoms with Gasteiger partial charge in [-0.25, -0.2) is 9.78 Å². The van der Waals surface area contributed by atoms with E-state index in [1.54, 1.807) is 30.0 Å². The number of aromatic nitrogens is 4. The molecular formula is C26H30F3N5O5. The van der Waals surface area contributed by atoms with Gasteiger partial charge in [-0.3, -0.25) is 19.1 Å². The molecule has 0 radical (unpaired) electrons. The van der Waals surface area contributed by atoms with Crippen LogP contribution in [0.15, 0.2) is 46.1 Å². The predicted octanol–water partition coefficient (Wildman–Crippen LogP) is 2.46. The highest BCUT2D eigenvalue weighted by molar-refractivity contribution is 5.77. The van der Waals surface area contributed by atoms with Crippen LogP contribution in [0.2, 0.25) is 0 Å². The van der Waals surface area contributed by atoms with Crippen LogP contribution in [0.4, 0.5) is 13.2 Å². The van der Waals surface area contributed by atoms with Crippen LogP contribution in [-0.2, 0) is 22.3 Å². The Morgan fingerprint density at radius 1 is 1.21 bits per heavy atom. The molecule has 5 rings (SSSR count). The van der Waals surface area contributed by atoms with Gasteiger partial charge in [0.15, 0.2) is 0 Å². The normalized spacial score (nSPS) is 23.4. The molecule has 2 atom stereocenters. The monoisotopic (exact) mass is 549 g/mol. The smallest absolute Gasteiger partial charge is 0.386 e. The summed E-state index contributed by atoms with van der Waals surface area (Å²) in [6.07, 6.45) is -1.65. The molecule has 0 unspecified atom stereocenters. The minimum atomic E-state index is -4.60. The molecule has 2 aromatic heterocycles. The molecule has 2 aliphatic rings. The number of nitrogens with zero attached hydrogens (tertiary/aromatic N) is 4. The third kappa shape index (κ3) is 5.37. The van der Waals surface area contributed by atoms with E-state index in [0.717, 1.165) is 4.57 Å². The number of likely N-dealkylation sites (tertiary alicyclic amines) is 1. The van der Waals surface area contributed by atoms with Crippen LogP contribution < -0.4 is 11.2 Å². The van der Waals surface area contributed by atoms with Crippen LogP contribution in [0.3, 0.4) is 0 Å². The Balaban J connectivity index is 1.21. The number of nitrogens with one attached hydrogen (secondary N) is 1. The van der Waals surface area contributed by atoms with Gasteiger partial charge in [-0.15, -0.1) is 0 Å². The number of hydrogen-bond donors (Lipinski definition) is 2. The molecule has 2 fully saturated rings. The molecule has 4 heterocycles. The summed E-state index contributed by atoms with van der Waals surface area (Å²) in [6.45, 7) is 2.34. The number of rotatable bonds is 5. The van der Waals surface area contributed by atoms with Crippen molar-refractivity contribution in [3.05, 3.63) is 63.2 Å². The van der Waals surface area contributed by atoms with Gasteiger partial charge >= 0.3 is 11.9 Å². The summed E-state index contributed by atoms with van der Waals surface area (Å²) in [6, 6.07) is 6.99. The summed E-state index contributed by atoms with van der Waals surface area (Å²) in [5, 5.41) is 10.9. The van der Waals surface area contributed by atoms with E-state index in [9.17, 15) is 32.7 Å². The maximum absolute atomic E-state index is 13.5. The lowest BCUT2D eigenvalue weighted by Gasteiger charge is -2.51. The first-order valence-electron chi connectivity index (χ1n) is 12.9. The van der Waals surface area contributed by atoms with Gasteiger partial charge in [0.25, 0.3) is 5.56 Å². The molecule has 1 amide bonds. The second-order valence-corrected chi connectivity index (χ2v) is 10.6. The molecule has 210 valence electrons. The van der Waals surface area contributed by atoms with E-state index in [0.29, 0.717) is 37.9 Å². The molecule has 0 aliphatic carbocycles. The number of amides is 1. The largest absolute Gasteiger partial charge is 0.449 e. The second kappa shape index (κ2) is 9.94. The van der Waals surface area contributed by atoms with Crippen molar-refractivity contribution < 1.29 is 27.8 Å². The molecule has 13 heteroatoms. The minimum absolute atomic E-state index is 0.00661. The minimum Gasteiger partial charge on any atom is -0.386 e. The first-order chi connectivity index (χ1) is 18.4. The molecular weight excluding hydrogens is 519 g/mol. The Morgan fingerprint density at radius 2 is 1.92 bits per heavy atom. The Morgan fingerprint density at radius 3 is 2.62 bits per heavy atom. The van der Waals surface area contributed by atoms with Crippen LogP contribution in [0, 0.1) is 0 Å². The van der Waals surface area contributed by atoms with Crippen molar-refractivity contribution in [2.45, 2.75) is 69.0 Å². The molecule has 0 bridgehead atoms. The number of para-hydroxylation sites is 2. The fraction of sp³-hybridized carbons (Fsp3) is 0.538. The van der Waals surface area contributed by atoms with E-state index < -0.39 is 40.5 Å². The van der Waals surface area contributed by atoms with Crippen LogP contribution in [0.1, 0.15) is 50.9 Å². The SMILES string of the molecule is C[C@]1(O)COC2(CCN(C(=O)CCCn3c(C(F)(F)F)nc4ccccc43)CC2)C[C@@H]1n1ccc(=O)[nH]c1=O. The number of H-pyrrole nitrogens is 1. The molecule has 39 heavy (non-hydrogen) atoms. The van der Waals surface area contributed by atoms with Crippen molar-refractivity contribution in [2.75, 3.05) is 19.7 Å². The number of ether oxygens (including phenoxy) is 1. The predicted molar refractivity (Wildman–Crippen MR) is 134 cm³/mol. The van der Waals surface area contributed by atoms with Crippen LogP contribution in [0.25, 0.3) is 11.0 Å². The number of alkyl halides is 3. The number of carbonyl (C=O) groups excluding carboxylic acids is 1. The number of benzene rings is 1. The molecule has 2 aliphatic heterocycles. The zero-order chi connectivity index (χ0) is 28.0. The van der Waals surface area contributed by atoms with E-state index in [-0.39, 0.29) is 37.4 Å². The second-order valence-electron chi connectivity index (χ2n) is 10.6. The molecule has 1 spiro atoms. The molecule has 2 saturated heterocycles. The van der Waals surface area contributed by atoms with Gasteiger partial charge in [-0.2, -0.15) is 13.2 Å². The Labute approximate surface area is 221 Å². The van der Waals surface area contributed by atoms with Crippen molar-refractivity contribution in [3.8, 4) is 0 Å². The lowest BCUT2D eigenvalue weighted by atomic mass is 9.77. The highest BCUT2D eigenvalue weighted by atomic mass is 19.4. The van der Waals surface area contributed by atoms with Gasteiger partial charge in [0.2, 0.25) is 11.7 Å². The number of piperidine rings is 1. The molecule has 10 nitrogen and oxygen atoms in total. The van der Waals surface area contributed by atoms with Crippen LogP contribution >= 0.6 is 0 Å². The lowest BCUT2D eigenvalue weighted by Crippen LogP contribution is -2.58. The summed E-state index contributed by atoms with van der Waals surface area (Å²) in [7, 11) is 0. The van der Waals surface area contributed by atoms with Gasteiger partial charge < -0.3 is 19.3 Å². The molecule has 3 aromatic rings. The maximum Gasteiger partial charge on any atom is 0.449 e. The number of imidazole rings is 1. The van der Waals surface area contributed by atoms with Gasteiger partial charge in [-0.05, 0) is 38.3 Å². The Bertz CT molecular complexity index is 1480. The first-order valence-corrected chi connectivity index (χ1v) is 12.9. The van der Waals surface area contributed by atoms with Crippen LogP contribution in [-0.4, -0.2) is 65.9 Å². The summed E-state index contributed by atoms with van der Waals surface area (Å²) >= 11 is 0. The lowest BCUT2D eigenvalue weighted by molar-refractivity contribution is -0.202. The van der Waals surface area contributed by atoms with Crippen molar-refractivity contribution in [1.29, 1.82) is 0 Å². The number of aliphatic hydroxyl groups is 1. The topological polar surface area (TPSA) is 122 Å². The number of aromatic amines is 1. The summed E-state index contributed by atoms with van der Waals surface area (Å²) < 4.78 is 49.1. The Hall–Kier alpha value is -3.45. The summed E-state index contributed by atoms with van der Waals surface area (Å²) in [5.74, 6) is -1.13. The van der Waals surface area contributed by atoms with Crippen molar-refractivity contribution in [2.24, 2.45) is 0 Å². The van der Waals surface area contributed by atoms with E-state index in [4.69, 9.17) is 4.74 Å². The average molecular weight is 550 g/mol. The number of carbonyl (C=O) groups is 1. The van der Waals surface area contributed by atoms with Crippen molar-refractivity contribution in [3.63, 3.8) is 0 Å². The zero-order valence-electron chi connectivity index (χ0n) is 21.4. The average Bonchev–Trinajstić information content (AvgIpc) is 3.26. The number of fused-ring (bicyclic) bond motifs is 1. The Kier molecular flexibility index (Phi) is 6.91. The summed E-state index contributed by atoms with van der Waals surface area (Å²) in [4.78, 5) is 44.5. The fourth-order valence-corrected chi connectivity index (χ4v) is 5.67. The maximum atomic E-state index is 13.5. The fourth-order valence-electron chi connectivity index (χ4n) is 5.67. The van der Waals surface area contributed by atoms with E-state index in [2.05, 4.69) is 9.97 Å². The van der Waals surface area contributed by atoms with Gasteiger partial charge in [0.1, 0.15) is 5.60 Å². The van der Waals surface area contributed by atoms with Crippen LogP contribution in [0.5, 0.6) is 0 Å². The van der Waals surface area contributed by atoms with Crippen molar-refractivity contribution >= 4 is 16.9 Å². The highest BCUT2D eigenvalue weighted by Crippen LogP contribution is 2.43. The summed E-state index contributed by atoms with van der Waals surface area (Å²) in [5.41, 5.74) is -2.51. The number of aryl methyl sites for hydroxylation is 1. The molecule has 1 aromatic carbocycles. The third-order valence-electron chi connectivity index (χ3n) is 7.85. The first kappa shape index (κ1) is 27.1. The standard InChI is InChI=1S/C26H30F3N5O5/c1-24(38)16-39-25(15-19(24)34-12-8-20(35)31-23(34)37)9-13-32(14-10-25)21(36)7-4-11-33-18-6-3-2-5-17(18)30-22(33)26(27,28)29/h2-3,5-6,8,12,19,38H,4,7,9-11,13-16H2,1H3,(H,31,35,37)/t19-,24-/m0/s1. The van der Waals surface area contributed by atoms with E-state index in [1.165, 1.54) is 22.9 Å². The van der Waals surface area contributed by atoms with Gasteiger partial charge in [0, 0.05) is 44.7 Å². The molecule has 2 N–H and O–H groups in total. The van der Waals surface area contributed by atoms with Gasteiger partial charge in [-0.1, -0.05) is 12.1 Å². The quantitative estimate of drug-likeness (QED) is 0.504. The highest BCUT2D eigenvalue weighted by Gasteiger charge is 2.49. The van der Waals surface area contributed by atoms with E-state index in [1.807, 2.05) is 0 Å². The van der Waals surface area contributed by atoms with Crippen molar-refractivity contribution in [1.82, 2.24) is 24.0 Å². The van der Waals surface area contributed by atoms with Gasteiger partial charge in [0.05, 0.1) is 29.3 Å². The third-order valence-corrected chi connectivity index (χ3v) is 7.85. The number of hydrogen-bond acceptors (Lipinski definition) is 6. The molecule has 0 saturated carbocycles. The number of halogens is 3. The van der Waals surface area contributed by atoms with E-state index >= 15 is 0 Å².